The third kappa shape index (κ3) is 4.04. The Hall–Kier alpha value is -2.64. The van der Waals surface area contributed by atoms with E-state index in [1.165, 1.54) is 17.3 Å². The maximum atomic E-state index is 6.17. The summed E-state index contributed by atoms with van der Waals surface area (Å²) in [5.74, 6) is 2.18. The molecule has 0 saturated heterocycles. The number of nitrogens with zero attached hydrogens (tertiary/aromatic N) is 4. The standard InChI is InChI=1S/C19H16ClN5OS/c1-2-12-7-9-13(10-8-12)17-22-19(24-23-17)27-11-16-21-18(25-26-16)14-5-3-4-6-15(14)20/h3-10H,2,11H2,1H3,(H,22,23,24). The molecule has 6 nitrogen and oxygen atoms in total. The average molecular weight is 398 g/mol. The first kappa shape index (κ1) is 17.8. The summed E-state index contributed by atoms with van der Waals surface area (Å²) in [7, 11) is 0. The van der Waals surface area contributed by atoms with Crippen LogP contribution >= 0.6 is 23.4 Å². The Labute approximate surface area is 165 Å². The van der Waals surface area contributed by atoms with Gasteiger partial charge in [0.05, 0.1) is 10.8 Å². The Morgan fingerprint density at radius 1 is 1.07 bits per heavy atom. The SMILES string of the molecule is CCc1ccc(-c2nc(SCc3nc(-c4ccccc4Cl)no3)n[nH]2)cc1. The van der Waals surface area contributed by atoms with Crippen molar-refractivity contribution in [1.29, 1.82) is 0 Å². The maximum Gasteiger partial charge on any atom is 0.237 e. The molecule has 0 aliphatic heterocycles. The predicted molar refractivity (Wildman–Crippen MR) is 106 cm³/mol. The number of thioether (sulfide) groups is 1. The molecule has 2 heterocycles. The lowest BCUT2D eigenvalue weighted by atomic mass is 10.1. The van der Waals surface area contributed by atoms with Gasteiger partial charge in [-0.25, -0.2) is 4.98 Å². The molecular weight excluding hydrogens is 382 g/mol. The summed E-state index contributed by atoms with van der Waals surface area (Å²) < 4.78 is 5.31. The van der Waals surface area contributed by atoms with Crippen LogP contribution < -0.4 is 0 Å². The smallest absolute Gasteiger partial charge is 0.237 e. The van der Waals surface area contributed by atoms with E-state index in [1.807, 2.05) is 30.3 Å². The Balaban J connectivity index is 1.42. The molecule has 0 aliphatic carbocycles. The fraction of sp³-hybridized carbons (Fsp3) is 0.158. The first-order valence-electron chi connectivity index (χ1n) is 8.45. The number of halogens is 1. The van der Waals surface area contributed by atoms with Crippen LogP contribution in [0.2, 0.25) is 5.02 Å². The topological polar surface area (TPSA) is 80.5 Å². The van der Waals surface area contributed by atoms with Gasteiger partial charge in [0.25, 0.3) is 0 Å². The van der Waals surface area contributed by atoms with Gasteiger partial charge >= 0.3 is 0 Å². The minimum absolute atomic E-state index is 0.475. The number of hydrogen-bond acceptors (Lipinski definition) is 6. The normalized spacial score (nSPS) is 11.0. The number of hydrogen-bond donors (Lipinski definition) is 1. The third-order valence-corrected chi connectivity index (χ3v) is 5.17. The van der Waals surface area contributed by atoms with E-state index >= 15 is 0 Å². The number of benzene rings is 2. The van der Waals surface area contributed by atoms with E-state index < -0.39 is 0 Å². The van der Waals surface area contributed by atoms with E-state index in [0.717, 1.165) is 23.4 Å². The first-order chi connectivity index (χ1) is 13.2. The van der Waals surface area contributed by atoms with Crippen molar-refractivity contribution in [2.45, 2.75) is 24.3 Å². The van der Waals surface area contributed by atoms with E-state index in [4.69, 9.17) is 16.1 Å². The number of nitrogens with one attached hydrogen (secondary N) is 1. The Bertz CT molecular complexity index is 1040. The molecule has 4 rings (SSSR count). The van der Waals surface area contributed by atoms with Gasteiger partial charge in [0, 0.05) is 11.1 Å². The summed E-state index contributed by atoms with van der Waals surface area (Å²) >= 11 is 7.60. The molecule has 1 N–H and O–H groups in total. The first-order valence-corrected chi connectivity index (χ1v) is 9.81. The number of aryl methyl sites for hydroxylation is 1. The molecule has 0 saturated carbocycles. The van der Waals surface area contributed by atoms with Crippen molar-refractivity contribution >= 4 is 23.4 Å². The van der Waals surface area contributed by atoms with Crippen molar-refractivity contribution in [3.8, 4) is 22.8 Å². The van der Waals surface area contributed by atoms with Gasteiger partial charge in [-0.05, 0) is 24.1 Å². The van der Waals surface area contributed by atoms with Gasteiger partial charge in [-0.1, -0.05) is 71.8 Å². The molecule has 2 aromatic heterocycles. The zero-order valence-electron chi connectivity index (χ0n) is 14.5. The minimum Gasteiger partial charge on any atom is -0.338 e. The molecule has 8 heteroatoms. The fourth-order valence-electron chi connectivity index (χ4n) is 2.53. The Morgan fingerprint density at radius 2 is 1.89 bits per heavy atom. The van der Waals surface area contributed by atoms with E-state index in [2.05, 4.69) is 44.4 Å². The summed E-state index contributed by atoms with van der Waals surface area (Å²) in [6.07, 6.45) is 1.01. The summed E-state index contributed by atoms with van der Waals surface area (Å²) in [6, 6.07) is 15.7. The second kappa shape index (κ2) is 7.94. The highest BCUT2D eigenvalue weighted by atomic mass is 35.5. The second-order valence-electron chi connectivity index (χ2n) is 5.80. The fourth-order valence-corrected chi connectivity index (χ4v) is 3.39. The van der Waals surface area contributed by atoms with Gasteiger partial charge in [-0.15, -0.1) is 5.10 Å². The molecule has 0 amide bonds. The van der Waals surface area contributed by atoms with Crippen molar-refractivity contribution < 1.29 is 4.52 Å². The molecule has 0 aliphatic rings. The lowest BCUT2D eigenvalue weighted by molar-refractivity contribution is 0.391. The highest BCUT2D eigenvalue weighted by Gasteiger charge is 2.13. The van der Waals surface area contributed by atoms with Crippen LogP contribution in [0.15, 0.2) is 58.2 Å². The van der Waals surface area contributed by atoms with Crippen LogP contribution in [0.5, 0.6) is 0 Å². The van der Waals surface area contributed by atoms with Crippen LogP contribution in [0.25, 0.3) is 22.8 Å². The molecule has 136 valence electrons. The summed E-state index contributed by atoms with van der Waals surface area (Å²) in [5, 5.41) is 12.4. The largest absolute Gasteiger partial charge is 0.338 e. The van der Waals surface area contributed by atoms with Gasteiger partial charge < -0.3 is 4.52 Å². The molecular formula is C19H16ClN5OS. The molecule has 0 bridgehead atoms. The molecule has 2 aromatic carbocycles. The van der Waals surface area contributed by atoms with Gasteiger partial charge in [-0.3, -0.25) is 5.10 Å². The van der Waals surface area contributed by atoms with E-state index in [1.54, 1.807) is 6.07 Å². The zero-order valence-corrected chi connectivity index (χ0v) is 16.1. The lowest BCUT2D eigenvalue weighted by Gasteiger charge is -1.98. The highest BCUT2D eigenvalue weighted by Crippen LogP contribution is 2.27. The number of H-pyrrole nitrogens is 1. The monoisotopic (exact) mass is 397 g/mol. The van der Waals surface area contributed by atoms with Crippen LogP contribution in [0.1, 0.15) is 18.4 Å². The molecule has 0 fully saturated rings. The van der Waals surface area contributed by atoms with Crippen LogP contribution in [0.4, 0.5) is 0 Å². The summed E-state index contributed by atoms with van der Waals surface area (Å²) in [6.45, 7) is 2.13. The van der Waals surface area contributed by atoms with E-state index in [9.17, 15) is 0 Å². The molecule has 0 atom stereocenters. The Kier molecular flexibility index (Phi) is 5.22. The van der Waals surface area contributed by atoms with Gasteiger partial charge in [0.15, 0.2) is 5.82 Å². The van der Waals surface area contributed by atoms with Crippen molar-refractivity contribution in [3.05, 3.63) is 65.0 Å². The van der Waals surface area contributed by atoms with Crippen molar-refractivity contribution in [2.24, 2.45) is 0 Å². The average Bonchev–Trinajstić information content (AvgIpc) is 3.36. The quantitative estimate of drug-likeness (QED) is 0.459. The third-order valence-electron chi connectivity index (χ3n) is 4.01. The molecule has 0 spiro atoms. The summed E-state index contributed by atoms with van der Waals surface area (Å²) in [4.78, 5) is 8.91. The molecule has 27 heavy (non-hydrogen) atoms. The predicted octanol–water partition coefficient (Wildman–Crippen LogP) is 5.03. The summed E-state index contributed by atoms with van der Waals surface area (Å²) in [5.41, 5.74) is 3.04. The zero-order chi connectivity index (χ0) is 18.6. The Morgan fingerprint density at radius 3 is 2.67 bits per heavy atom. The molecule has 0 unspecified atom stereocenters. The van der Waals surface area contributed by atoms with Crippen LogP contribution in [-0.2, 0) is 12.2 Å². The van der Waals surface area contributed by atoms with Gasteiger partial charge in [-0.2, -0.15) is 4.98 Å². The minimum atomic E-state index is 0.475. The lowest BCUT2D eigenvalue weighted by Crippen LogP contribution is -1.85. The van der Waals surface area contributed by atoms with Crippen LogP contribution in [0.3, 0.4) is 0 Å². The van der Waals surface area contributed by atoms with Crippen molar-refractivity contribution in [1.82, 2.24) is 25.3 Å². The van der Waals surface area contributed by atoms with Crippen LogP contribution in [-0.4, -0.2) is 25.3 Å². The van der Waals surface area contributed by atoms with Crippen LogP contribution in [0, 0.1) is 0 Å². The second-order valence-corrected chi connectivity index (χ2v) is 7.15. The molecule has 4 aromatic rings. The highest BCUT2D eigenvalue weighted by molar-refractivity contribution is 7.98. The maximum absolute atomic E-state index is 6.17. The number of aromatic amines is 1. The van der Waals surface area contributed by atoms with Gasteiger partial charge in [0.1, 0.15) is 0 Å². The molecule has 0 radical (unpaired) electrons. The van der Waals surface area contributed by atoms with E-state index in [0.29, 0.717) is 27.6 Å². The van der Waals surface area contributed by atoms with Crippen molar-refractivity contribution in [3.63, 3.8) is 0 Å². The van der Waals surface area contributed by atoms with Crippen molar-refractivity contribution in [2.75, 3.05) is 0 Å². The van der Waals surface area contributed by atoms with Gasteiger partial charge in [0.2, 0.25) is 16.9 Å². The van der Waals surface area contributed by atoms with E-state index in [-0.39, 0.29) is 0 Å². The number of rotatable bonds is 6. The number of aromatic nitrogens is 5.